The number of nitrogens with zero attached hydrogens (tertiary/aromatic N) is 1. The molecule has 3 nitrogen and oxygen atoms in total. The van der Waals surface area contributed by atoms with Gasteiger partial charge in [0.1, 0.15) is 6.54 Å². The second kappa shape index (κ2) is 3.61. The van der Waals surface area contributed by atoms with Gasteiger partial charge in [0.15, 0.2) is 0 Å². The van der Waals surface area contributed by atoms with Gasteiger partial charge in [0.2, 0.25) is 5.91 Å². The zero-order chi connectivity index (χ0) is 12.0. The topological polar surface area (TPSA) is 32.3 Å². The van der Waals surface area contributed by atoms with Crippen molar-refractivity contribution in [3.05, 3.63) is 0 Å². The summed E-state index contributed by atoms with van der Waals surface area (Å²) >= 11 is 0. The number of alkyl halides is 3. The molecule has 2 rings (SSSR count). The Balaban J connectivity index is 2.09. The summed E-state index contributed by atoms with van der Waals surface area (Å²) in [5.74, 6) is -0.372. The summed E-state index contributed by atoms with van der Waals surface area (Å²) in [4.78, 5) is 12.8. The second-order valence-electron chi connectivity index (χ2n) is 4.58. The highest BCUT2D eigenvalue weighted by atomic mass is 19.4. The van der Waals surface area contributed by atoms with Crippen LogP contribution in [-0.4, -0.2) is 35.2 Å². The van der Waals surface area contributed by atoms with E-state index in [2.05, 4.69) is 5.32 Å². The molecule has 0 radical (unpaired) electrons. The predicted octanol–water partition coefficient (Wildman–Crippen LogP) is 1.64. The average molecular weight is 236 g/mol. The molecule has 1 saturated heterocycles. The first-order valence-corrected chi connectivity index (χ1v) is 5.53. The number of halogens is 3. The molecule has 1 aliphatic heterocycles. The molecule has 0 bridgehead atoms. The quantitative estimate of drug-likeness (QED) is 0.808. The molecule has 1 saturated carbocycles. The van der Waals surface area contributed by atoms with Gasteiger partial charge < -0.3 is 4.90 Å². The summed E-state index contributed by atoms with van der Waals surface area (Å²) < 4.78 is 37.0. The van der Waals surface area contributed by atoms with E-state index in [1.165, 1.54) is 0 Å². The number of rotatable bonds is 3. The molecule has 1 spiro atoms. The van der Waals surface area contributed by atoms with E-state index in [0.29, 0.717) is 19.3 Å². The van der Waals surface area contributed by atoms with Crippen LogP contribution in [0.3, 0.4) is 0 Å². The molecular formula is C10H15F3N2O. The number of carbonyl (C=O) groups excluding carboxylic acids is 1. The molecule has 0 aromatic carbocycles. The maximum atomic E-state index is 12.3. The number of nitrogens with one attached hydrogen (secondary N) is 1. The Morgan fingerprint density at radius 2 is 2.12 bits per heavy atom. The molecule has 0 aromatic rings. The molecule has 92 valence electrons. The monoisotopic (exact) mass is 236 g/mol. The Morgan fingerprint density at radius 3 is 2.56 bits per heavy atom. The molecule has 1 atom stereocenters. The van der Waals surface area contributed by atoms with Crippen molar-refractivity contribution in [3.63, 3.8) is 0 Å². The SMILES string of the molecule is CCCC1NC2(CC2)C(=O)N1CC(F)(F)F. The summed E-state index contributed by atoms with van der Waals surface area (Å²) in [5.41, 5.74) is -0.648. The predicted molar refractivity (Wildman–Crippen MR) is 51.6 cm³/mol. The minimum Gasteiger partial charge on any atom is -0.316 e. The van der Waals surface area contributed by atoms with Gasteiger partial charge in [-0.05, 0) is 19.3 Å². The maximum absolute atomic E-state index is 12.3. The first-order valence-electron chi connectivity index (χ1n) is 5.53. The third-order valence-corrected chi connectivity index (χ3v) is 3.15. The van der Waals surface area contributed by atoms with E-state index in [1.54, 1.807) is 0 Å². The maximum Gasteiger partial charge on any atom is 0.406 e. The first-order chi connectivity index (χ1) is 7.38. The third-order valence-electron chi connectivity index (χ3n) is 3.15. The number of hydrogen-bond donors (Lipinski definition) is 1. The van der Waals surface area contributed by atoms with E-state index < -0.39 is 24.4 Å². The van der Waals surface area contributed by atoms with Crippen molar-refractivity contribution < 1.29 is 18.0 Å². The van der Waals surface area contributed by atoms with Gasteiger partial charge in [0, 0.05) is 0 Å². The lowest BCUT2D eigenvalue weighted by atomic mass is 10.2. The molecular weight excluding hydrogens is 221 g/mol. The van der Waals surface area contributed by atoms with Crippen LogP contribution in [0.1, 0.15) is 32.6 Å². The number of hydrogen-bond acceptors (Lipinski definition) is 2. The summed E-state index contributed by atoms with van der Waals surface area (Å²) in [6, 6.07) is 0. The smallest absolute Gasteiger partial charge is 0.316 e. The molecule has 1 unspecified atom stereocenters. The standard InChI is InChI=1S/C10H15F3N2O/c1-2-3-7-14-9(4-5-9)8(16)15(7)6-10(11,12)13/h7,14H,2-6H2,1H3. The fourth-order valence-corrected chi connectivity index (χ4v) is 2.23. The van der Waals surface area contributed by atoms with E-state index in [0.717, 1.165) is 11.3 Å². The molecule has 1 aliphatic carbocycles. The van der Waals surface area contributed by atoms with Gasteiger partial charge in [-0.25, -0.2) is 0 Å². The van der Waals surface area contributed by atoms with Crippen LogP contribution in [0.2, 0.25) is 0 Å². The van der Waals surface area contributed by atoms with Gasteiger partial charge in [-0.15, -0.1) is 0 Å². The molecule has 16 heavy (non-hydrogen) atoms. The summed E-state index contributed by atoms with van der Waals surface area (Å²) in [5, 5.41) is 3.04. The zero-order valence-electron chi connectivity index (χ0n) is 9.10. The summed E-state index contributed by atoms with van der Waals surface area (Å²) in [7, 11) is 0. The van der Waals surface area contributed by atoms with Crippen molar-refractivity contribution in [1.82, 2.24) is 10.2 Å². The van der Waals surface area contributed by atoms with Crippen LogP contribution in [0.15, 0.2) is 0 Å². The van der Waals surface area contributed by atoms with E-state index in [4.69, 9.17) is 0 Å². The number of amides is 1. The Hall–Kier alpha value is -0.780. The minimum absolute atomic E-state index is 0.372. The Kier molecular flexibility index (Phi) is 2.64. The van der Waals surface area contributed by atoms with Crippen LogP contribution in [0.5, 0.6) is 0 Å². The molecule has 6 heteroatoms. The van der Waals surface area contributed by atoms with Crippen LogP contribution >= 0.6 is 0 Å². The van der Waals surface area contributed by atoms with E-state index in [-0.39, 0.29) is 5.91 Å². The third kappa shape index (κ3) is 2.03. The molecule has 2 aliphatic rings. The van der Waals surface area contributed by atoms with Gasteiger partial charge in [-0.1, -0.05) is 13.3 Å². The molecule has 1 N–H and O–H groups in total. The van der Waals surface area contributed by atoms with Gasteiger partial charge in [0.25, 0.3) is 0 Å². The van der Waals surface area contributed by atoms with Crippen molar-refractivity contribution in [2.45, 2.75) is 50.5 Å². The Bertz CT molecular complexity index is 299. The second-order valence-corrected chi connectivity index (χ2v) is 4.58. The minimum atomic E-state index is -4.32. The van der Waals surface area contributed by atoms with E-state index in [1.807, 2.05) is 6.92 Å². The van der Waals surface area contributed by atoms with Crippen molar-refractivity contribution in [2.24, 2.45) is 0 Å². The van der Waals surface area contributed by atoms with Gasteiger partial charge in [-0.2, -0.15) is 13.2 Å². The Labute approximate surface area is 92.0 Å². The van der Waals surface area contributed by atoms with Crippen LogP contribution < -0.4 is 5.32 Å². The summed E-state index contributed by atoms with van der Waals surface area (Å²) in [6.45, 7) is 0.765. The first kappa shape index (κ1) is 11.7. The van der Waals surface area contributed by atoms with E-state index >= 15 is 0 Å². The van der Waals surface area contributed by atoms with Gasteiger partial charge in [0.05, 0.1) is 11.7 Å². The van der Waals surface area contributed by atoms with Crippen molar-refractivity contribution in [1.29, 1.82) is 0 Å². The normalized spacial score (nSPS) is 27.9. The van der Waals surface area contributed by atoms with Crippen LogP contribution in [0, 0.1) is 0 Å². The lowest BCUT2D eigenvalue weighted by Gasteiger charge is -2.24. The zero-order valence-corrected chi connectivity index (χ0v) is 9.10. The highest BCUT2D eigenvalue weighted by Crippen LogP contribution is 2.43. The fourth-order valence-electron chi connectivity index (χ4n) is 2.23. The highest BCUT2D eigenvalue weighted by Gasteiger charge is 2.60. The summed E-state index contributed by atoms with van der Waals surface area (Å²) in [6.07, 6.45) is -2.09. The van der Waals surface area contributed by atoms with Crippen LogP contribution in [-0.2, 0) is 4.79 Å². The lowest BCUT2D eigenvalue weighted by molar-refractivity contribution is -0.161. The molecule has 1 heterocycles. The lowest BCUT2D eigenvalue weighted by Crippen LogP contribution is -2.43. The van der Waals surface area contributed by atoms with Gasteiger partial charge in [-0.3, -0.25) is 10.1 Å². The Morgan fingerprint density at radius 1 is 1.50 bits per heavy atom. The van der Waals surface area contributed by atoms with Crippen molar-refractivity contribution in [2.75, 3.05) is 6.54 Å². The average Bonchev–Trinajstić information content (AvgIpc) is 2.88. The van der Waals surface area contributed by atoms with Crippen LogP contribution in [0.25, 0.3) is 0 Å². The highest BCUT2D eigenvalue weighted by molar-refractivity contribution is 5.91. The van der Waals surface area contributed by atoms with Crippen molar-refractivity contribution in [3.8, 4) is 0 Å². The molecule has 2 fully saturated rings. The fraction of sp³-hybridized carbons (Fsp3) is 0.900. The largest absolute Gasteiger partial charge is 0.406 e. The van der Waals surface area contributed by atoms with Gasteiger partial charge >= 0.3 is 6.18 Å². The van der Waals surface area contributed by atoms with Crippen molar-refractivity contribution >= 4 is 5.91 Å². The number of carbonyl (C=O) groups is 1. The molecule has 0 aromatic heterocycles. The van der Waals surface area contributed by atoms with E-state index in [9.17, 15) is 18.0 Å². The molecule has 1 amide bonds. The van der Waals surface area contributed by atoms with Crippen LogP contribution in [0.4, 0.5) is 13.2 Å².